The average molecular weight is 218 g/mol. The molecule has 4 nitrogen and oxygen atoms in total. The van der Waals surface area contributed by atoms with Gasteiger partial charge < -0.3 is 16.2 Å². The molecule has 0 amide bonds. The van der Waals surface area contributed by atoms with E-state index < -0.39 is 11.5 Å². The van der Waals surface area contributed by atoms with Gasteiger partial charge >= 0.3 is 5.97 Å². The van der Waals surface area contributed by atoms with Crippen LogP contribution in [0.25, 0.3) is 0 Å². The molecule has 1 unspecified atom stereocenters. The fraction of sp³-hybridized carbons (Fsp3) is 0.889. The third-order valence-corrected chi connectivity index (χ3v) is 3.77. The highest BCUT2D eigenvalue weighted by Gasteiger charge is 2.39. The highest BCUT2D eigenvalue weighted by Crippen LogP contribution is 2.26. The Hall–Kier alpha value is -0.260. The first-order chi connectivity index (χ1) is 6.71. The molecule has 14 heavy (non-hydrogen) atoms. The van der Waals surface area contributed by atoms with Gasteiger partial charge in [0.15, 0.2) is 0 Å². The maximum Gasteiger partial charge on any atom is 0.324 e. The van der Waals surface area contributed by atoms with Crippen LogP contribution < -0.4 is 11.1 Å². The molecule has 5 heteroatoms. The zero-order chi connectivity index (χ0) is 10.4. The van der Waals surface area contributed by atoms with E-state index in [1.165, 1.54) is 0 Å². The minimum Gasteiger partial charge on any atom is -0.480 e. The Morgan fingerprint density at radius 1 is 1.64 bits per heavy atom. The second-order valence-corrected chi connectivity index (χ2v) is 4.72. The number of rotatable bonds is 5. The first-order valence-corrected chi connectivity index (χ1v) is 6.13. The van der Waals surface area contributed by atoms with E-state index in [0.29, 0.717) is 18.8 Å². The molecule has 0 aromatic heterocycles. The summed E-state index contributed by atoms with van der Waals surface area (Å²) in [6.45, 7) is 1.30. The molecule has 1 atom stereocenters. The summed E-state index contributed by atoms with van der Waals surface area (Å²) in [6.07, 6.45) is 2.55. The molecule has 1 heterocycles. The lowest BCUT2D eigenvalue weighted by Gasteiger charge is -2.33. The summed E-state index contributed by atoms with van der Waals surface area (Å²) in [7, 11) is 0. The molecule has 1 saturated heterocycles. The highest BCUT2D eigenvalue weighted by molar-refractivity contribution is 7.99. The van der Waals surface area contributed by atoms with Crippen molar-refractivity contribution in [1.29, 1.82) is 0 Å². The van der Waals surface area contributed by atoms with Crippen LogP contribution in [0.15, 0.2) is 0 Å². The molecule has 0 aliphatic carbocycles. The zero-order valence-corrected chi connectivity index (χ0v) is 9.11. The van der Waals surface area contributed by atoms with Gasteiger partial charge in [0, 0.05) is 5.75 Å². The topological polar surface area (TPSA) is 75.3 Å². The number of hydrogen-bond donors (Lipinski definition) is 3. The number of carboxylic acids is 1. The average Bonchev–Trinajstić information content (AvgIpc) is 2.19. The first kappa shape index (κ1) is 11.8. The van der Waals surface area contributed by atoms with E-state index >= 15 is 0 Å². The lowest BCUT2D eigenvalue weighted by atomic mass is 9.95. The van der Waals surface area contributed by atoms with E-state index in [2.05, 4.69) is 5.32 Å². The van der Waals surface area contributed by atoms with Gasteiger partial charge in [-0.05, 0) is 38.1 Å². The van der Waals surface area contributed by atoms with Crippen LogP contribution in [0.1, 0.15) is 19.3 Å². The maximum atomic E-state index is 11.2. The lowest BCUT2D eigenvalue weighted by molar-refractivity contribution is -0.144. The van der Waals surface area contributed by atoms with Crippen molar-refractivity contribution in [2.24, 2.45) is 5.73 Å². The normalized spacial score (nSPS) is 27.5. The van der Waals surface area contributed by atoms with Gasteiger partial charge in [-0.2, -0.15) is 11.8 Å². The van der Waals surface area contributed by atoms with Gasteiger partial charge in [0.1, 0.15) is 5.54 Å². The molecule has 0 bridgehead atoms. The van der Waals surface area contributed by atoms with Crippen LogP contribution in [0.4, 0.5) is 0 Å². The van der Waals surface area contributed by atoms with E-state index in [0.717, 1.165) is 25.0 Å². The van der Waals surface area contributed by atoms with Crippen LogP contribution in [0, 0.1) is 0 Å². The lowest BCUT2D eigenvalue weighted by Crippen LogP contribution is -2.56. The summed E-state index contributed by atoms with van der Waals surface area (Å²) in [4.78, 5) is 11.2. The van der Waals surface area contributed by atoms with Crippen LogP contribution in [0.2, 0.25) is 0 Å². The Bertz CT molecular complexity index is 193. The Kier molecular flexibility index (Phi) is 4.71. The van der Waals surface area contributed by atoms with Gasteiger partial charge in [-0.15, -0.1) is 0 Å². The monoisotopic (exact) mass is 218 g/mol. The van der Waals surface area contributed by atoms with E-state index in [4.69, 9.17) is 5.73 Å². The van der Waals surface area contributed by atoms with Crippen molar-refractivity contribution in [1.82, 2.24) is 5.32 Å². The van der Waals surface area contributed by atoms with Crippen molar-refractivity contribution in [2.75, 3.05) is 24.6 Å². The molecular weight excluding hydrogens is 200 g/mol. The van der Waals surface area contributed by atoms with Crippen molar-refractivity contribution in [3.05, 3.63) is 0 Å². The quantitative estimate of drug-likeness (QED) is 0.578. The maximum absolute atomic E-state index is 11.2. The SMILES string of the molecule is NCCCNC1(C(=O)O)CCCSC1. The minimum absolute atomic E-state index is 0.607. The summed E-state index contributed by atoms with van der Waals surface area (Å²) >= 11 is 1.71. The molecule has 0 aromatic carbocycles. The third kappa shape index (κ3) is 2.87. The molecule has 1 fully saturated rings. The van der Waals surface area contributed by atoms with Gasteiger partial charge in [-0.25, -0.2) is 0 Å². The zero-order valence-electron chi connectivity index (χ0n) is 8.29. The Labute approximate surface area is 88.6 Å². The molecule has 4 N–H and O–H groups in total. The largest absolute Gasteiger partial charge is 0.480 e. The minimum atomic E-state index is -0.721. The van der Waals surface area contributed by atoms with Crippen LogP contribution in [0.3, 0.4) is 0 Å². The van der Waals surface area contributed by atoms with E-state index in [1.54, 1.807) is 11.8 Å². The number of aliphatic carboxylic acids is 1. The van der Waals surface area contributed by atoms with Crippen molar-refractivity contribution in [3.8, 4) is 0 Å². The van der Waals surface area contributed by atoms with Gasteiger partial charge in [-0.1, -0.05) is 0 Å². The van der Waals surface area contributed by atoms with Crippen LogP contribution in [-0.2, 0) is 4.79 Å². The Balaban J connectivity index is 2.47. The van der Waals surface area contributed by atoms with Gasteiger partial charge in [0.2, 0.25) is 0 Å². The van der Waals surface area contributed by atoms with E-state index in [9.17, 15) is 9.90 Å². The Morgan fingerprint density at radius 3 is 2.93 bits per heavy atom. The van der Waals surface area contributed by atoms with Crippen molar-refractivity contribution < 1.29 is 9.90 Å². The molecule has 0 spiro atoms. The molecule has 1 aliphatic heterocycles. The summed E-state index contributed by atoms with van der Waals surface area (Å²) in [5.74, 6) is 1.03. The highest BCUT2D eigenvalue weighted by atomic mass is 32.2. The number of carboxylic acid groups (broad SMARTS) is 1. The Morgan fingerprint density at radius 2 is 2.43 bits per heavy atom. The molecule has 82 valence electrons. The molecule has 1 rings (SSSR count). The standard InChI is InChI=1S/C9H18N2O2S/c10-4-2-5-11-9(8(12)13)3-1-6-14-7-9/h11H,1-7,10H2,(H,12,13). The summed E-state index contributed by atoms with van der Waals surface area (Å²) in [6, 6.07) is 0. The summed E-state index contributed by atoms with van der Waals surface area (Å²) in [5, 5.41) is 12.3. The van der Waals surface area contributed by atoms with Crippen molar-refractivity contribution >= 4 is 17.7 Å². The van der Waals surface area contributed by atoms with Crippen LogP contribution in [-0.4, -0.2) is 41.2 Å². The van der Waals surface area contributed by atoms with Crippen LogP contribution in [0.5, 0.6) is 0 Å². The fourth-order valence-electron chi connectivity index (χ4n) is 1.61. The smallest absolute Gasteiger partial charge is 0.324 e. The number of carbonyl (C=O) groups is 1. The summed E-state index contributed by atoms with van der Waals surface area (Å²) < 4.78 is 0. The first-order valence-electron chi connectivity index (χ1n) is 4.97. The summed E-state index contributed by atoms with van der Waals surface area (Å²) in [5.41, 5.74) is 4.67. The van der Waals surface area contributed by atoms with E-state index in [1.807, 2.05) is 0 Å². The molecule has 0 saturated carbocycles. The van der Waals surface area contributed by atoms with Gasteiger partial charge in [0.05, 0.1) is 0 Å². The third-order valence-electron chi connectivity index (χ3n) is 2.49. The second-order valence-electron chi connectivity index (χ2n) is 3.61. The molecule has 0 aromatic rings. The van der Waals surface area contributed by atoms with Crippen molar-refractivity contribution in [3.63, 3.8) is 0 Å². The number of thioether (sulfide) groups is 1. The fourth-order valence-corrected chi connectivity index (χ4v) is 2.82. The second kappa shape index (κ2) is 5.58. The number of nitrogens with two attached hydrogens (primary N) is 1. The van der Waals surface area contributed by atoms with Gasteiger partial charge in [-0.3, -0.25) is 4.79 Å². The van der Waals surface area contributed by atoms with E-state index in [-0.39, 0.29) is 0 Å². The van der Waals surface area contributed by atoms with Gasteiger partial charge in [0.25, 0.3) is 0 Å². The van der Waals surface area contributed by atoms with Crippen molar-refractivity contribution in [2.45, 2.75) is 24.8 Å². The number of hydrogen-bond acceptors (Lipinski definition) is 4. The number of nitrogens with one attached hydrogen (secondary N) is 1. The molecule has 1 aliphatic rings. The van der Waals surface area contributed by atoms with Crippen LogP contribution >= 0.6 is 11.8 Å². The molecule has 0 radical (unpaired) electrons. The predicted octanol–water partition coefficient (Wildman–Crippen LogP) is 0.275. The predicted molar refractivity (Wildman–Crippen MR) is 58.6 cm³/mol. The molecular formula is C9H18N2O2S.